The summed E-state index contributed by atoms with van der Waals surface area (Å²) in [4.78, 5) is 16.0. The molecule has 1 heterocycles. The van der Waals surface area contributed by atoms with E-state index in [0.29, 0.717) is 10.9 Å². The number of rotatable bonds is 1. The molecule has 3 nitrogen and oxygen atoms in total. The Labute approximate surface area is 112 Å². The van der Waals surface area contributed by atoms with Crippen molar-refractivity contribution in [2.24, 2.45) is 0 Å². The van der Waals surface area contributed by atoms with Gasteiger partial charge in [-0.15, -0.1) is 0 Å². The average molecular weight is 273 g/mol. The zero-order valence-corrected chi connectivity index (χ0v) is 10.5. The largest absolute Gasteiger partial charge is 0.403 e. The molecule has 3 aromatic rings. The zero-order chi connectivity index (χ0) is 14.3. The number of fused-ring (bicyclic) bond motifs is 1. The molecule has 0 unspecified atom stereocenters. The Balaban J connectivity index is 2.31. The average Bonchev–Trinajstić information content (AvgIpc) is 2.42. The van der Waals surface area contributed by atoms with Crippen LogP contribution in [0.4, 0.5) is 8.78 Å². The minimum absolute atomic E-state index is 0.176. The van der Waals surface area contributed by atoms with Crippen LogP contribution in [-0.2, 0) is 0 Å². The molecule has 0 bridgehead atoms. The van der Waals surface area contributed by atoms with E-state index in [2.05, 4.69) is 4.98 Å². The molecule has 0 aliphatic rings. The number of aromatic nitrogens is 1. The fraction of sp³-hybridized carbons (Fsp3) is 0.0667. The second-order valence-electron chi connectivity index (χ2n) is 4.43. The van der Waals surface area contributed by atoms with E-state index in [4.69, 9.17) is 4.42 Å². The van der Waals surface area contributed by atoms with Crippen molar-refractivity contribution in [3.63, 3.8) is 0 Å². The molecule has 0 atom stereocenters. The smallest absolute Gasteiger partial charge is 0.347 e. The lowest BCUT2D eigenvalue weighted by atomic mass is 10.1. The Morgan fingerprint density at radius 1 is 1.15 bits per heavy atom. The molecule has 0 saturated carbocycles. The molecule has 100 valence electrons. The highest BCUT2D eigenvalue weighted by molar-refractivity contribution is 5.79. The minimum Gasteiger partial charge on any atom is -0.403 e. The van der Waals surface area contributed by atoms with Crippen LogP contribution in [0.3, 0.4) is 0 Å². The third-order valence-electron chi connectivity index (χ3n) is 2.97. The van der Waals surface area contributed by atoms with Gasteiger partial charge in [0.05, 0.1) is 16.5 Å². The predicted molar refractivity (Wildman–Crippen MR) is 70.4 cm³/mol. The normalized spacial score (nSPS) is 10.9. The van der Waals surface area contributed by atoms with Crippen molar-refractivity contribution in [2.75, 3.05) is 0 Å². The van der Waals surface area contributed by atoms with E-state index >= 15 is 0 Å². The number of benzene rings is 2. The molecule has 2 aromatic carbocycles. The van der Waals surface area contributed by atoms with Crippen molar-refractivity contribution in [1.29, 1.82) is 0 Å². The quantitative estimate of drug-likeness (QED) is 0.682. The predicted octanol–water partition coefficient (Wildman–Crippen LogP) is 3.44. The lowest BCUT2D eigenvalue weighted by molar-refractivity contribution is 0.489. The molecule has 0 N–H and O–H groups in total. The summed E-state index contributed by atoms with van der Waals surface area (Å²) in [6.45, 7) is 1.83. The van der Waals surface area contributed by atoms with Crippen LogP contribution in [0.25, 0.3) is 22.4 Å². The topological polar surface area (TPSA) is 43.1 Å². The monoisotopic (exact) mass is 273 g/mol. The van der Waals surface area contributed by atoms with E-state index in [0.717, 1.165) is 11.6 Å². The van der Waals surface area contributed by atoms with Gasteiger partial charge < -0.3 is 4.42 Å². The molecule has 0 aliphatic heterocycles. The fourth-order valence-electron chi connectivity index (χ4n) is 1.97. The van der Waals surface area contributed by atoms with E-state index in [-0.39, 0.29) is 11.5 Å². The lowest BCUT2D eigenvalue weighted by Crippen LogP contribution is -2.04. The molecule has 3 rings (SSSR count). The van der Waals surface area contributed by atoms with Crippen molar-refractivity contribution >= 4 is 10.9 Å². The number of nitrogens with zero attached hydrogens (tertiary/aromatic N) is 1. The summed E-state index contributed by atoms with van der Waals surface area (Å²) in [5.41, 5.74) is 0.462. The van der Waals surface area contributed by atoms with E-state index in [9.17, 15) is 13.6 Å². The van der Waals surface area contributed by atoms with E-state index in [1.807, 2.05) is 6.92 Å². The zero-order valence-electron chi connectivity index (χ0n) is 10.5. The molecule has 1 aromatic heterocycles. The third-order valence-corrected chi connectivity index (χ3v) is 2.97. The van der Waals surface area contributed by atoms with Gasteiger partial charge in [-0.25, -0.2) is 18.6 Å². The Bertz CT molecular complexity index is 871. The Kier molecular flexibility index (Phi) is 2.82. The Hall–Kier alpha value is -2.56. The summed E-state index contributed by atoms with van der Waals surface area (Å²) in [6, 6.07) is 8.68. The molecule has 0 radical (unpaired) electrons. The van der Waals surface area contributed by atoms with Crippen LogP contribution in [0.1, 0.15) is 5.56 Å². The van der Waals surface area contributed by atoms with E-state index in [1.165, 1.54) is 12.1 Å². The van der Waals surface area contributed by atoms with Gasteiger partial charge in [-0.1, -0.05) is 17.7 Å². The van der Waals surface area contributed by atoms with Gasteiger partial charge in [0.1, 0.15) is 0 Å². The second kappa shape index (κ2) is 4.52. The lowest BCUT2D eigenvalue weighted by Gasteiger charge is -2.04. The van der Waals surface area contributed by atoms with Crippen LogP contribution >= 0.6 is 0 Å². The fourth-order valence-corrected chi connectivity index (χ4v) is 1.97. The molecule has 0 amide bonds. The summed E-state index contributed by atoms with van der Waals surface area (Å²) < 4.78 is 31.9. The van der Waals surface area contributed by atoms with Gasteiger partial charge >= 0.3 is 5.63 Å². The van der Waals surface area contributed by atoms with Crippen molar-refractivity contribution in [2.45, 2.75) is 6.92 Å². The first-order chi connectivity index (χ1) is 9.56. The van der Waals surface area contributed by atoms with Gasteiger partial charge in [-0.2, -0.15) is 0 Å². The number of aryl methyl sites for hydroxylation is 1. The summed E-state index contributed by atoms with van der Waals surface area (Å²) in [5, 5.41) is 0.311. The van der Waals surface area contributed by atoms with Crippen LogP contribution in [-0.4, -0.2) is 4.98 Å². The van der Waals surface area contributed by atoms with E-state index < -0.39 is 17.3 Å². The maximum atomic E-state index is 13.7. The molecular formula is C15H9F2NO2. The Morgan fingerprint density at radius 2 is 1.95 bits per heavy atom. The summed E-state index contributed by atoms with van der Waals surface area (Å²) in [7, 11) is 0. The molecule has 5 heteroatoms. The highest BCUT2D eigenvalue weighted by Gasteiger charge is 2.15. The molecule has 0 saturated heterocycles. The molecule has 0 spiro atoms. The van der Waals surface area contributed by atoms with Crippen molar-refractivity contribution in [3.8, 4) is 11.5 Å². The maximum absolute atomic E-state index is 13.7. The van der Waals surface area contributed by atoms with Crippen LogP contribution in [0.5, 0.6) is 0 Å². The standard InChI is InChI=1S/C15H9F2NO2/c1-8-5-6-12-10(7-8)15(19)20-14(18-12)9-3-2-4-11(16)13(9)17/h2-7H,1H3. The number of halogens is 2. The van der Waals surface area contributed by atoms with Gasteiger partial charge in [0.15, 0.2) is 11.6 Å². The minimum atomic E-state index is -1.09. The summed E-state index contributed by atoms with van der Waals surface area (Å²) in [5.74, 6) is -2.34. The Morgan fingerprint density at radius 3 is 2.75 bits per heavy atom. The van der Waals surface area contributed by atoms with Crippen molar-refractivity contribution < 1.29 is 13.2 Å². The first-order valence-corrected chi connectivity index (χ1v) is 5.92. The summed E-state index contributed by atoms with van der Waals surface area (Å²) in [6.07, 6.45) is 0. The first-order valence-electron chi connectivity index (χ1n) is 5.92. The van der Waals surface area contributed by atoms with Gasteiger partial charge in [0.25, 0.3) is 0 Å². The molecule has 0 fully saturated rings. The molecule has 0 aliphatic carbocycles. The van der Waals surface area contributed by atoms with Gasteiger partial charge in [0.2, 0.25) is 5.89 Å². The van der Waals surface area contributed by atoms with Crippen LogP contribution < -0.4 is 5.63 Å². The van der Waals surface area contributed by atoms with Crippen LogP contribution in [0.15, 0.2) is 45.6 Å². The second-order valence-corrected chi connectivity index (χ2v) is 4.43. The number of hydrogen-bond acceptors (Lipinski definition) is 3. The van der Waals surface area contributed by atoms with E-state index in [1.54, 1.807) is 18.2 Å². The molecule has 20 heavy (non-hydrogen) atoms. The third kappa shape index (κ3) is 1.97. The summed E-state index contributed by atoms with van der Waals surface area (Å²) >= 11 is 0. The highest BCUT2D eigenvalue weighted by Crippen LogP contribution is 2.23. The van der Waals surface area contributed by atoms with Crippen LogP contribution in [0.2, 0.25) is 0 Å². The highest BCUT2D eigenvalue weighted by atomic mass is 19.2. The van der Waals surface area contributed by atoms with Gasteiger partial charge in [0, 0.05) is 0 Å². The van der Waals surface area contributed by atoms with Gasteiger partial charge in [-0.05, 0) is 31.2 Å². The van der Waals surface area contributed by atoms with Crippen LogP contribution in [0, 0.1) is 18.6 Å². The maximum Gasteiger partial charge on any atom is 0.347 e. The number of hydrogen-bond donors (Lipinski definition) is 0. The van der Waals surface area contributed by atoms with Gasteiger partial charge in [-0.3, -0.25) is 0 Å². The van der Waals surface area contributed by atoms with Crippen molar-refractivity contribution in [3.05, 3.63) is 64.0 Å². The van der Waals surface area contributed by atoms with Crippen molar-refractivity contribution in [1.82, 2.24) is 4.98 Å². The molecular weight excluding hydrogens is 264 g/mol. The first kappa shape index (κ1) is 12.5. The SMILES string of the molecule is Cc1ccc2nc(-c3cccc(F)c3F)oc(=O)c2c1.